The van der Waals surface area contributed by atoms with Crippen molar-refractivity contribution < 1.29 is 13.2 Å². The number of aryl methyl sites for hydroxylation is 1. The van der Waals surface area contributed by atoms with Gasteiger partial charge in [-0.1, -0.05) is 18.2 Å². The van der Waals surface area contributed by atoms with E-state index >= 15 is 0 Å². The van der Waals surface area contributed by atoms with Crippen molar-refractivity contribution >= 4 is 15.7 Å². The van der Waals surface area contributed by atoms with Crippen molar-refractivity contribution in [1.29, 1.82) is 0 Å². The summed E-state index contributed by atoms with van der Waals surface area (Å²) in [4.78, 5) is 0. The number of ether oxygens (including phenoxy) is 1. The van der Waals surface area contributed by atoms with Crippen LogP contribution in [-0.2, 0) is 14.8 Å². The Bertz CT molecular complexity index is 554. The number of para-hydroxylation sites is 1. The van der Waals surface area contributed by atoms with Crippen LogP contribution >= 0.6 is 0 Å². The third kappa shape index (κ3) is 3.75. The van der Waals surface area contributed by atoms with Crippen LogP contribution in [0, 0.1) is 6.92 Å². The first-order valence-corrected chi connectivity index (χ1v) is 8.92. The van der Waals surface area contributed by atoms with Gasteiger partial charge < -0.3 is 10.5 Å². The average Bonchev–Trinajstić information content (AvgIpc) is 2.50. The molecule has 0 spiro atoms. The summed E-state index contributed by atoms with van der Waals surface area (Å²) in [6, 6.07) is 7.59. The van der Waals surface area contributed by atoms with E-state index in [0.717, 1.165) is 11.3 Å². The number of anilines is 1. The summed E-state index contributed by atoms with van der Waals surface area (Å²) in [5.74, 6) is 0. The molecule has 1 saturated heterocycles. The van der Waals surface area contributed by atoms with E-state index in [1.807, 2.05) is 31.2 Å². The smallest absolute Gasteiger partial charge is 0.238 e. The van der Waals surface area contributed by atoms with Gasteiger partial charge in [-0.25, -0.2) is 8.42 Å². The van der Waals surface area contributed by atoms with E-state index in [2.05, 4.69) is 0 Å². The van der Waals surface area contributed by atoms with Crippen LogP contribution in [0.5, 0.6) is 0 Å². The molecule has 0 saturated carbocycles. The summed E-state index contributed by atoms with van der Waals surface area (Å²) in [5.41, 5.74) is 7.30. The van der Waals surface area contributed by atoms with Gasteiger partial charge in [-0.3, -0.25) is 4.31 Å². The van der Waals surface area contributed by atoms with Crippen LogP contribution in [0.3, 0.4) is 0 Å². The number of hydrogen-bond donors (Lipinski definition) is 1. The second kappa shape index (κ2) is 7.24. The van der Waals surface area contributed by atoms with Crippen molar-refractivity contribution in [2.24, 2.45) is 5.73 Å². The highest BCUT2D eigenvalue weighted by molar-refractivity contribution is 7.93. The van der Waals surface area contributed by atoms with Crippen molar-refractivity contribution in [3.63, 3.8) is 0 Å². The molecule has 0 aromatic heterocycles. The maximum Gasteiger partial charge on any atom is 0.238 e. The molecule has 0 amide bonds. The Morgan fingerprint density at radius 3 is 2.57 bits per heavy atom. The van der Waals surface area contributed by atoms with E-state index in [4.69, 9.17) is 10.5 Å². The normalized spacial score (nSPS) is 16.9. The zero-order chi connectivity index (χ0) is 15.3. The number of benzene rings is 1. The highest BCUT2D eigenvalue weighted by Crippen LogP contribution is 2.28. The minimum Gasteiger partial charge on any atom is -0.381 e. The van der Waals surface area contributed by atoms with E-state index in [9.17, 15) is 8.42 Å². The predicted octanol–water partition coefficient (Wildman–Crippen LogP) is 1.66. The summed E-state index contributed by atoms with van der Waals surface area (Å²) in [7, 11) is -3.37. The Balaban J connectivity index is 2.32. The molecular weight excluding hydrogens is 288 g/mol. The monoisotopic (exact) mass is 312 g/mol. The van der Waals surface area contributed by atoms with Gasteiger partial charge in [0.1, 0.15) is 0 Å². The van der Waals surface area contributed by atoms with Crippen molar-refractivity contribution in [2.75, 3.05) is 30.6 Å². The average molecular weight is 312 g/mol. The number of rotatable bonds is 6. The third-order valence-corrected chi connectivity index (χ3v) is 6.15. The van der Waals surface area contributed by atoms with Crippen LogP contribution in [-0.4, -0.2) is 40.0 Å². The van der Waals surface area contributed by atoms with Gasteiger partial charge in [0.15, 0.2) is 0 Å². The molecule has 1 heterocycles. The molecule has 1 aliphatic rings. The molecule has 5 nitrogen and oxygen atoms in total. The van der Waals surface area contributed by atoms with Crippen LogP contribution in [0.25, 0.3) is 0 Å². The first-order chi connectivity index (χ1) is 10.1. The first kappa shape index (κ1) is 16.3. The van der Waals surface area contributed by atoms with E-state index in [1.165, 1.54) is 0 Å². The summed E-state index contributed by atoms with van der Waals surface area (Å²) in [5, 5.41) is -0.358. The molecule has 1 aromatic carbocycles. The fourth-order valence-corrected chi connectivity index (χ4v) is 4.63. The molecule has 1 aromatic rings. The SMILES string of the molecule is Cc1ccccc1N(CCCN)S(=O)(=O)C1CCOCC1. The van der Waals surface area contributed by atoms with Crippen molar-refractivity contribution in [3.8, 4) is 0 Å². The molecule has 118 valence electrons. The van der Waals surface area contributed by atoms with Crippen molar-refractivity contribution in [3.05, 3.63) is 29.8 Å². The fraction of sp³-hybridized carbons (Fsp3) is 0.600. The minimum absolute atomic E-state index is 0.358. The second-order valence-corrected chi connectivity index (χ2v) is 7.49. The standard InChI is InChI=1S/C15H24N2O3S/c1-13-5-2-3-6-15(13)17(10-4-9-16)21(18,19)14-7-11-20-12-8-14/h2-3,5-6,14H,4,7-12,16H2,1H3. The summed E-state index contributed by atoms with van der Waals surface area (Å²) in [6.45, 7) is 3.88. The zero-order valence-electron chi connectivity index (χ0n) is 12.5. The molecule has 0 unspecified atom stereocenters. The lowest BCUT2D eigenvalue weighted by atomic mass is 10.2. The van der Waals surface area contributed by atoms with Crippen molar-refractivity contribution in [2.45, 2.75) is 31.4 Å². The topological polar surface area (TPSA) is 72.6 Å². The molecule has 2 N–H and O–H groups in total. The summed E-state index contributed by atoms with van der Waals surface area (Å²) < 4.78 is 32.8. The van der Waals surface area contributed by atoms with E-state index in [-0.39, 0.29) is 5.25 Å². The van der Waals surface area contributed by atoms with E-state index < -0.39 is 10.0 Å². The molecule has 0 aliphatic carbocycles. The van der Waals surface area contributed by atoms with Crippen LogP contribution < -0.4 is 10.0 Å². The molecule has 1 fully saturated rings. The summed E-state index contributed by atoms with van der Waals surface area (Å²) >= 11 is 0. The van der Waals surface area contributed by atoms with Crippen LogP contribution in [0.2, 0.25) is 0 Å². The molecular formula is C15H24N2O3S. The quantitative estimate of drug-likeness (QED) is 0.867. The maximum absolute atomic E-state index is 13.0. The number of hydrogen-bond acceptors (Lipinski definition) is 4. The third-order valence-electron chi connectivity index (χ3n) is 3.85. The number of nitrogens with two attached hydrogens (primary N) is 1. The predicted molar refractivity (Wildman–Crippen MR) is 85.0 cm³/mol. The Morgan fingerprint density at radius 1 is 1.29 bits per heavy atom. The number of nitrogens with zero attached hydrogens (tertiary/aromatic N) is 1. The van der Waals surface area contributed by atoms with Crippen LogP contribution in [0.1, 0.15) is 24.8 Å². The van der Waals surface area contributed by atoms with Crippen molar-refractivity contribution in [1.82, 2.24) is 0 Å². The van der Waals surface area contributed by atoms with Gasteiger partial charge in [-0.05, 0) is 44.4 Å². The lowest BCUT2D eigenvalue weighted by Gasteiger charge is -2.32. The minimum atomic E-state index is -3.37. The largest absolute Gasteiger partial charge is 0.381 e. The van der Waals surface area contributed by atoms with Gasteiger partial charge in [0.25, 0.3) is 0 Å². The molecule has 0 atom stereocenters. The van der Waals surface area contributed by atoms with Gasteiger partial charge in [-0.15, -0.1) is 0 Å². The highest BCUT2D eigenvalue weighted by atomic mass is 32.2. The Hall–Kier alpha value is -1.11. The zero-order valence-corrected chi connectivity index (χ0v) is 13.3. The maximum atomic E-state index is 13.0. The Kier molecular flexibility index (Phi) is 5.61. The van der Waals surface area contributed by atoms with E-state index in [1.54, 1.807) is 4.31 Å². The molecule has 1 aliphatic heterocycles. The molecule has 0 bridgehead atoms. The van der Waals surface area contributed by atoms with Gasteiger partial charge in [-0.2, -0.15) is 0 Å². The second-order valence-electron chi connectivity index (χ2n) is 5.36. The lowest BCUT2D eigenvalue weighted by Crippen LogP contribution is -2.42. The molecule has 6 heteroatoms. The molecule has 0 radical (unpaired) electrons. The molecule has 21 heavy (non-hydrogen) atoms. The fourth-order valence-electron chi connectivity index (χ4n) is 2.62. The Labute approximate surface area is 127 Å². The van der Waals surface area contributed by atoms with Gasteiger partial charge in [0.2, 0.25) is 10.0 Å². The Morgan fingerprint density at radius 2 is 1.95 bits per heavy atom. The van der Waals surface area contributed by atoms with E-state index in [0.29, 0.717) is 45.6 Å². The van der Waals surface area contributed by atoms with Crippen LogP contribution in [0.4, 0.5) is 5.69 Å². The molecule has 2 rings (SSSR count). The highest BCUT2D eigenvalue weighted by Gasteiger charge is 2.33. The number of sulfonamides is 1. The van der Waals surface area contributed by atoms with Gasteiger partial charge in [0, 0.05) is 19.8 Å². The summed E-state index contributed by atoms with van der Waals surface area (Å²) in [6.07, 6.45) is 1.78. The van der Waals surface area contributed by atoms with Crippen LogP contribution in [0.15, 0.2) is 24.3 Å². The van der Waals surface area contributed by atoms with Gasteiger partial charge >= 0.3 is 0 Å². The lowest BCUT2D eigenvalue weighted by molar-refractivity contribution is 0.0983. The first-order valence-electron chi connectivity index (χ1n) is 7.42. The van der Waals surface area contributed by atoms with Gasteiger partial charge in [0.05, 0.1) is 10.9 Å².